The van der Waals surface area contributed by atoms with Crippen LogP contribution in [-0.4, -0.2) is 38.3 Å². The maximum absolute atomic E-state index is 11.5. The van der Waals surface area contributed by atoms with Gasteiger partial charge in [-0.15, -0.1) is 0 Å². The number of hydrogen-bond donors (Lipinski definition) is 2. The third kappa shape index (κ3) is 2.00. The van der Waals surface area contributed by atoms with Gasteiger partial charge >= 0.3 is 0 Å². The molecule has 0 bridgehead atoms. The van der Waals surface area contributed by atoms with Crippen LogP contribution in [0.15, 0.2) is 0 Å². The molecule has 2 saturated heterocycles. The Hall–Kier alpha value is -0.610. The normalized spacial score (nSPS) is 31.4. The number of ether oxygens (including phenoxy) is 1. The van der Waals surface area contributed by atoms with E-state index in [9.17, 15) is 4.79 Å². The van der Waals surface area contributed by atoms with Gasteiger partial charge in [0.2, 0.25) is 5.91 Å². The largest absolute Gasteiger partial charge is 0.381 e. The van der Waals surface area contributed by atoms with Gasteiger partial charge < -0.3 is 15.4 Å². The molecule has 1 amide bonds. The fourth-order valence-electron chi connectivity index (χ4n) is 2.05. The molecule has 4 nitrogen and oxygen atoms in total. The molecule has 4 heteroatoms. The van der Waals surface area contributed by atoms with Crippen LogP contribution in [0.1, 0.15) is 12.8 Å². The predicted molar refractivity (Wildman–Crippen MR) is 48.3 cm³/mol. The average Bonchev–Trinajstić information content (AvgIpc) is 2.20. The van der Waals surface area contributed by atoms with Gasteiger partial charge in [0.1, 0.15) is 0 Å². The van der Waals surface area contributed by atoms with Crippen LogP contribution in [0, 0.1) is 5.92 Å². The first-order chi connectivity index (χ1) is 6.38. The van der Waals surface area contributed by atoms with E-state index in [1.54, 1.807) is 0 Å². The minimum absolute atomic E-state index is 0.0256. The van der Waals surface area contributed by atoms with Crippen molar-refractivity contribution in [1.82, 2.24) is 10.6 Å². The molecule has 0 radical (unpaired) electrons. The topological polar surface area (TPSA) is 50.4 Å². The summed E-state index contributed by atoms with van der Waals surface area (Å²) in [5.74, 6) is 0.632. The minimum atomic E-state index is 0.0256. The van der Waals surface area contributed by atoms with Gasteiger partial charge in [0.15, 0.2) is 0 Å². The molecular formula is C9H16N2O2. The summed E-state index contributed by atoms with van der Waals surface area (Å²) in [5, 5.41) is 6.16. The van der Waals surface area contributed by atoms with Crippen LogP contribution in [0.2, 0.25) is 0 Å². The molecule has 2 fully saturated rings. The van der Waals surface area contributed by atoms with Crippen LogP contribution >= 0.6 is 0 Å². The molecule has 0 spiro atoms. The van der Waals surface area contributed by atoms with Crippen molar-refractivity contribution in [2.24, 2.45) is 5.92 Å². The minimum Gasteiger partial charge on any atom is -0.381 e. The molecule has 2 N–H and O–H groups in total. The fourth-order valence-corrected chi connectivity index (χ4v) is 2.05. The number of piperazine rings is 1. The lowest BCUT2D eigenvalue weighted by Crippen LogP contribution is -2.56. The summed E-state index contributed by atoms with van der Waals surface area (Å²) in [6.45, 7) is 3.26. The van der Waals surface area contributed by atoms with E-state index in [1.165, 1.54) is 0 Å². The first-order valence-corrected chi connectivity index (χ1v) is 4.97. The lowest BCUT2D eigenvalue weighted by atomic mass is 9.90. The van der Waals surface area contributed by atoms with Crippen molar-refractivity contribution >= 4 is 5.91 Å². The molecular weight excluding hydrogens is 168 g/mol. The molecule has 2 aliphatic rings. The maximum Gasteiger partial charge on any atom is 0.237 e. The van der Waals surface area contributed by atoms with E-state index < -0.39 is 0 Å². The highest BCUT2D eigenvalue weighted by atomic mass is 16.5. The number of nitrogens with one attached hydrogen (secondary N) is 2. The maximum atomic E-state index is 11.5. The Balaban J connectivity index is 1.92. The average molecular weight is 184 g/mol. The SMILES string of the molecule is O=C1NCCNC1C1CCOCC1. The highest BCUT2D eigenvalue weighted by Gasteiger charge is 2.30. The highest BCUT2D eigenvalue weighted by Crippen LogP contribution is 2.19. The molecule has 0 aliphatic carbocycles. The summed E-state index contributed by atoms with van der Waals surface area (Å²) in [7, 11) is 0. The fraction of sp³-hybridized carbons (Fsp3) is 0.889. The Bertz CT molecular complexity index is 190. The zero-order valence-electron chi connectivity index (χ0n) is 7.71. The Morgan fingerprint density at radius 1 is 1.23 bits per heavy atom. The van der Waals surface area contributed by atoms with Gasteiger partial charge in [-0.3, -0.25) is 4.79 Å². The van der Waals surface area contributed by atoms with Crippen molar-refractivity contribution in [3.63, 3.8) is 0 Å². The second-order valence-corrected chi connectivity index (χ2v) is 3.67. The number of carbonyl (C=O) groups is 1. The first-order valence-electron chi connectivity index (χ1n) is 4.97. The van der Waals surface area contributed by atoms with Crippen LogP contribution in [0.5, 0.6) is 0 Å². The first kappa shape index (κ1) is 8.97. The second kappa shape index (κ2) is 4.07. The second-order valence-electron chi connectivity index (χ2n) is 3.67. The van der Waals surface area contributed by atoms with Gasteiger partial charge in [-0.25, -0.2) is 0 Å². The number of hydrogen-bond acceptors (Lipinski definition) is 3. The van der Waals surface area contributed by atoms with Crippen molar-refractivity contribution in [1.29, 1.82) is 0 Å². The molecule has 13 heavy (non-hydrogen) atoms. The van der Waals surface area contributed by atoms with Gasteiger partial charge in [0.25, 0.3) is 0 Å². The van der Waals surface area contributed by atoms with E-state index in [4.69, 9.17) is 4.74 Å². The monoisotopic (exact) mass is 184 g/mol. The summed E-state index contributed by atoms with van der Waals surface area (Å²) in [4.78, 5) is 11.5. The van der Waals surface area contributed by atoms with Crippen molar-refractivity contribution in [2.45, 2.75) is 18.9 Å². The van der Waals surface area contributed by atoms with Crippen molar-refractivity contribution < 1.29 is 9.53 Å². The number of amides is 1. The van der Waals surface area contributed by atoms with E-state index in [1.807, 2.05) is 0 Å². The molecule has 0 aromatic rings. The molecule has 1 atom stereocenters. The lowest BCUT2D eigenvalue weighted by molar-refractivity contribution is -0.126. The number of carbonyl (C=O) groups excluding carboxylic acids is 1. The molecule has 0 aromatic carbocycles. The van der Waals surface area contributed by atoms with E-state index in [0.717, 1.165) is 39.1 Å². The summed E-state index contributed by atoms with van der Waals surface area (Å²) in [5.41, 5.74) is 0. The highest BCUT2D eigenvalue weighted by molar-refractivity contribution is 5.82. The molecule has 2 heterocycles. The summed E-state index contributed by atoms with van der Waals surface area (Å²) in [6.07, 6.45) is 2.01. The van der Waals surface area contributed by atoms with Gasteiger partial charge in [-0.1, -0.05) is 0 Å². The summed E-state index contributed by atoms with van der Waals surface area (Å²) < 4.78 is 5.27. The van der Waals surface area contributed by atoms with Crippen LogP contribution in [0.3, 0.4) is 0 Å². The Morgan fingerprint density at radius 2 is 2.00 bits per heavy atom. The Kier molecular flexibility index (Phi) is 2.80. The van der Waals surface area contributed by atoms with Crippen molar-refractivity contribution in [3.05, 3.63) is 0 Å². The molecule has 1 unspecified atom stereocenters. The van der Waals surface area contributed by atoms with Gasteiger partial charge in [0, 0.05) is 26.3 Å². The zero-order valence-corrected chi connectivity index (χ0v) is 7.71. The Labute approximate surface area is 78.0 Å². The van der Waals surface area contributed by atoms with E-state index in [-0.39, 0.29) is 11.9 Å². The predicted octanol–water partition coefficient (Wildman–Crippen LogP) is -0.499. The zero-order chi connectivity index (χ0) is 9.10. The third-order valence-electron chi connectivity index (χ3n) is 2.81. The molecule has 0 saturated carbocycles. The van der Waals surface area contributed by atoms with Crippen LogP contribution < -0.4 is 10.6 Å². The van der Waals surface area contributed by atoms with Crippen LogP contribution in [-0.2, 0) is 9.53 Å². The molecule has 0 aromatic heterocycles. The van der Waals surface area contributed by atoms with Crippen molar-refractivity contribution in [3.8, 4) is 0 Å². The summed E-state index contributed by atoms with van der Waals surface area (Å²) in [6, 6.07) is 0.0256. The quantitative estimate of drug-likeness (QED) is 0.577. The van der Waals surface area contributed by atoms with Gasteiger partial charge in [0.05, 0.1) is 6.04 Å². The Morgan fingerprint density at radius 3 is 2.69 bits per heavy atom. The van der Waals surface area contributed by atoms with Gasteiger partial charge in [-0.05, 0) is 18.8 Å². The van der Waals surface area contributed by atoms with Crippen LogP contribution in [0.4, 0.5) is 0 Å². The van der Waals surface area contributed by atoms with E-state index in [0.29, 0.717) is 5.92 Å². The van der Waals surface area contributed by atoms with E-state index >= 15 is 0 Å². The van der Waals surface area contributed by atoms with Gasteiger partial charge in [-0.2, -0.15) is 0 Å². The smallest absolute Gasteiger partial charge is 0.237 e. The summed E-state index contributed by atoms with van der Waals surface area (Å²) >= 11 is 0. The van der Waals surface area contributed by atoms with E-state index in [2.05, 4.69) is 10.6 Å². The van der Waals surface area contributed by atoms with Crippen LogP contribution in [0.25, 0.3) is 0 Å². The third-order valence-corrected chi connectivity index (χ3v) is 2.81. The van der Waals surface area contributed by atoms with Crippen molar-refractivity contribution in [2.75, 3.05) is 26.3 Å². The molecule has 74 valence electrons. The standard InChI is InChI=1S/C9H16N2O2/c12-9-8(10-3-4-11-9)7-1-5-13-6-2-7/h7-8,10H,1-6H2,(H,11,12). The molecule has 2 aliphatic heterocycles. The number of rotatable bonds is 1. The lowest BCUT2D eigenvalue weighted by Gasteiger charge is -2.32. The molecule has 2 rings (SSSR count).